The van der Waals surface area contributed by atoms with Crippen LogP contribution in [0.1, 0.15) is 24.7 Å². The molecule has 0 bridgehead atoms. The zero-order valence-corrected chi connectivity index (χ0v) is 19.6. The average Bonchev–Trinajstić information content (AvgIpc) is 3.38. The Morgan fingerprint density at radius 2 is 1.73 bits per heavy atom. The second kappa shape index (κ2) is 10.0. The molecule has 2 heterocycles. The smallest absolute Gasteiger partial charge is 0.385 e. The van der Waals surface area contributed by atoms with Crippen LogP contribution in [-0.2, 0) is 13.1 Å². The van der Waals surface area contributed by atoms with Gasteiger partial charge in [-0.15, -0.1) is 10.2 Å². The van der Waals surface area contributed by atoms with Gasteiger partial charge in [0.1, 0.15) is 18.3 Å². The predicted octanol–water partition coefficient (Wildman–Crippen LogP) is 3.25. The Balaban J connectivity index is 1.79. The molecule has 0 aliphatic rings. The van der Waals surface area contributed by atoms with E-state index in [0.29, 0.717) is 9.59 Å². The van der Waals surface area contributed by atoms with Crippen molar-refractivity contribution in [1.29, 1.82) is 0 Å². The van der Waals surface area contributed by atoms with Crippen molar-refractivity contribution in [2.45, 2.75) is 38.4 Å². The third-order valence-electron chi connectivity index (χ3n) is 5.26. The Labute approximate surface area is 210 Å². The summed E-state index contributed by atoms with van der Waals surface area (Å²) in [5.74, 6) is -2.98. The SMILES string of the molecule is CC(O)c1nc(Cn2nc(-c3ccc(Cl)cc3)n(C[C@H](O)C(F)(F)F)c2=O)nn1-c1cccc(F)c1F. The number of hydrogen-bond acceptors (Lipinski definition) is 6. The first-order chi connectivity index (χ1) is 17.4. The van der Waals surface area contributed by atoms with Crippen LogP contribution in [0, 0.1) is 11.6 Å². The standard InChI is InChI=1S/C22H18ClF5N6O3/c1-11(35)19-29-17(30-34(19)15-4-2-3-14(24)18(15)25)10-33-21(37)32(9-16(36)22(26,27)28)20(31-33)12-5-7-13(23)8-6-12/h2-8,11,16,35-36H,9-10H2,1H3/t11?,16-/m0/s1. The molecule has 0 amide bonds. The van der Waals surface area contributed by atoms with Gasteiger partial charge >= 0.3 is 11.9 Å². The van der Waals surface area contributed by atoms with E-state index in [1.807, 2.05) is 0 Å². The molecule has 0 radical (unpaired) electrons. The van der Waals surface area contributed by atoms with Gasteiger partial charge in [-0.25, -0.2) is 27.9 Å². The first kappa shape index (κ1) is 26.4. The molecular weight excluding hydrogens is 527 g/mol. The van der Waals surface area contributed by atoms with Crippen molar-refractivity contribution in [2.24, 2.45) is 0 Å². The molecule has 0 aliphatic heterocycles. The molecule has 4 aromatic rings. The van der Waals surface area contributed by atoms with Gasteiger partial charge in [0.15, 0.2) is 35.2 Å². The highest BCUT2D eigenvalue weighted by molar-refractivity contribution is 6.30. The lowest BCUT2D eigenvalue weighted by atomic mass is 10.2. The van der Waals surface area contributed by atoms with Gasteiger partial charge in [-0.1, -0.05) is 17.7 Å². The number of benzene rings is 2. The van der Waals surface area contributed by atoms with Gasteiger partial charge in [0.05, 0.1) is 6.54 Å². The molecule has 37 heavy (non-hydrogen) atoms. The number of alkyl halides is 3. The lowest BCUT2D eigenvalue weighted by Crippen LogP contribution is -2.37. The zero-order valence-electron chi connectivity index (χ0n) is 18.9. The Bertz CT molecular complexity index is 1480. The van der Waals surface area contributed by atoms with Crippen LogP contribution < -0.4 is 5.69 Å². The summed E-state index contributed by atoms with van der Waals surface area (Å²) in [6.45, 7) is -0.340. The number of aliphatic hydroxyl groups is 2. The van der Waals surface area contributed by atoms with Crippen LogP contribution in [-0.4, -0.2) is 51.6 Å². The summed E-state index contributed by atoms with van der Waals surface area (Å²) in [6, 6.07) is 9.04. The van der Waals surface area contributed by atoms with Crippen molar-refractivity contribution < 1.29 is 32.2 Å². The van der Waals surface area contributed by atoms with Crippen LogP contribution in [0.2, 0.25) is 5.02 Å². The molecule has 0 spiro atoms. The molecule has 196 valence electrons. The molecule has 2 aromatic carbocycles. The van der Waals surface area contributed by atoms with Crippen molar-refractivity contribution in [1.82, 2.24) is 29.1 Å². The summed E-state index contributed by atoms with van der Waals surface area (Å²) >= 11 is 5.87. The molecule has 0 fully saturated rings. The van der Waals surface area contributed by atoms with E-state index in [1.165, 1.54) is 43.3 Å². The first-order valence-electron chi connectivity index (χ1n) is 10.6. The first-order valence-corrected chi connectivity index (χ1v) is 11.0. The maximum Gasteiger partial charge on any atom is 0.416 e. The molecule has 0 saturated carbocycles. The normalized spacial score (nSPS) is 13.6. The Kier molecular flexibility index (Phi) is 7.17. The second-order valence-electron chi connectivity index (χ2n) is 7.99. The minimum Gasteiger partial charge on any atom is -0.385 e. The molecule has 15 heteroatoms. The zero-order chi connectivity index (χ0) is 27.1. The number of hydrogen-bond donors (Lipinski definition) is 2. The lowest BCUT2D eigenvalue weighted by Gasteiger charge is -2.15. The Hall–Kier alpha value is -3.62. The summed E-state index contributed by atoms with van der Waals surface area (Å²) in [5.41, 5.74) is -1.15. The summed E-state index contributed by atoms with van der Waals surface area (Å²) in [6.07, 6.45) is -9.14. The van der Waals surface area contributed by atoms with Crippen molar-refractivity contribution in [3.05, 3.63) is 81.3 Å². The molecule has 2 aromatic heterocycles. The van der Waals surface area contributed by atoms with Gasteiger partial charge in [-0.3, -0.25) is 4.57 Å². The van der Waals surface area contributed by atoms with E-state index in [0.717, 1.165) is 15.4 Å². The largest absolute Gasteiger partial charge is 0.416 e. The van der Waals surface area contributed by atoms with E-state index < -0.39 is 48.8 Å². The van der Waals surface area contributed by atoms with Gasteiger partial charge < -0.3 is 10.2 Å². The van der Waals surface area contributed by atoms with Gasteiger partial charge in [0.25, 0.3) is 0 Å². The molecule has 4 rings (SSSR count). The topological polar surface area (TPSA) is 111 Å². The van der Waals surface area contributed by atoms with Gasteiger partial charge in [0, 0.05) is 10.6 Å². The fraction of sp³-hybridized carbons (Fsp3) is 0.273. The fourth-order valence-corrected chi connectivity index (χ4v) is 3.60. The summed E-state index contributed by atoms with van der Waals surface area (Å²) in [4.78, 5) is 17.1. The number of rotatable bonds is 7. The van der Waals surface area contributed by atoms with Crippen LogP contribution in [0.15, 0.2) is 47.3 Å². The maximum atomic E-state index is 14.4. The van der Waals surface area contributed by atoms with Crippen molar-refractivity contribution in [2.75, 3.05) is 0 Å². The third-order valence-corrected chi connectivity index (χ3v) is 5.51. The van der Waals surface area contributed by atoms with E-state index in [2.05, 4.69) is 15.2 Å². The number of halogens is 6. The van der Waals surface area contributed by atoms with Crippen LogP contribution in [0.25, 0.3) is 17.1 Å². The van der Waals surface area contributed by atoms with Crippen LogP contribution >= 0.6 is 11.6 Å². The average molecular weight is 545 g/mol. The summed E-state index contributed by atoms with van der Waals surface area (Å²) in [5, 5.41) is 28.1. The van der Waals surface area contributed by atoms with Gasteiger partial charge in [0.2, 0.25) is 0 Å². The summed E-state index contributed by atoms with van der Waals surface area (Å²) in [7, 11) is 0. The van der Waals surface area contributed by atoms with Crippen molar-refractivity contribution in [3.8, 4) is 17.1 Å². The van der Waals surface area contributed by atoms with Crippen molar-refractivity contribution in [3.63, 3.8) is 0 Å². The highest BCUT2D eigenvalue weighted by Gasteiger charge is 2.39. The quantitative estimate of drug-likeness (QED) is 0.346. The van der Waals surface area contributed by atoms with E-state index in [9.17, 15) is 37.0 Å². The van der Waals surface area contributed by atoms with E-state index in [-0.39, 0.29) is 28.7 Å². The number of aromatic nitrogens is 6. The molecular formula is C22H18ClF5N6O3. The van der Waals surface area contributed by atoms with Gasteiger partial charge in [-0.2, -0.15) is 13.2 Å². The second-order valence-corrected chi connectivity index (χ2v) is 8.42. The van der Waals surface area contributed by atoms with Crippen LogP contribution in [0.4, 0.5) is 22.0 Å². The maximum absolute atomic E-state index is 14.4. The number of aliphatic hydroxyl groups excluding tert-OH is 2. The third kappa shape index (κ3) is 5.40. The molecule has 1 unspecified atom stereocenters. The van der Waals surface area contributed by atoms with E-state index in [4.69, 9.17) is 11.6 Å². The Morgan fingerprint density at radius 3 is 2.35 bits per heavy atom. The molecule has 0 aliphatic carbocycles. The minimum absolute atomic E-state index is 0.176. The van der Waals surface area contributed by atoms with Crippen LogP contribution in [0.3, 0.4) is 0 Å². The molecule has 9 nitrogen and oxygen atoms in total. The highest BCUT2D eigenvalue weighted by atomic mass is 35.5. The van der Waals surface area contributed by atoms with Crippen LogP contribution in [0.5, 0.6) is 0 Å². The van der Waals surface area contributed by atoms with E-state index in [1.54, 1.807) is 0 Å². The highest BCUT2D eigenvalue weighted by Crippen LogP contribution is 2.25. The predicted molar refractivity (Wildman–Crippen MR) is 120 cm³/mol. The molecule has 2 N–H and O–H groups in total. The molecule has 2 atom stereocenters. The fourth-order valence-electron chi connectivity index (χ4n) is 3.47. The lowest BCUT2D eigenvalue weighted by molar-refractivity contribution is -0.207. The minimum atomic E-state index is -5.00. The van der Waals surface area contributed by atoms with Crippen molar-refractivity contribution >= 4 is 11.6 Å². The monoisotopic (exact) mass is 544 g/mol. The summed E-state index contributed by atoms with van der Waals surface area (Å²) < 4.78 is 69.5. The number of nitrogens with zero attached hydrogens (tertiary/aromatic N) is 6. The molecule has 0 saturated heterocycles. The van der Waals surface area contributed by atoms with Gasteiger partial charge in [-0.05, 0) is 43.3 Å². The van der Waals surface area contributed by atoms with E-state index >= 15 is 0 Å². The Morgan fingerprint density at radius 1 is 1.05 bits per heavy atom.